The van der Waals surface area contributed by atoms with Crippen molar-refractivity contribution in [2.75, 3.05) is 93.0 Å². The largest absolute Gasteiger partial charge is 0.495 e. The number of carbonyl (C=O) groups excluding carboxylic acids is 5. The molecule has 3 N–H and O–H groups in total. The fraction of sp³-hybridized carbons (Fsp3) is 0.418. The molecule has 5 aliphatic heterocycles. The molecule has 374 valence electrons. The number of amides is 5. The number of nitrogens with one attached hydrogen (secondary N) is 3. The Labute approximate surface area is 417 Å². The quantitative estimate of drug-likeness (QED) is 0.0825. The molecule has 17 heteroatoms. The average molecular weight is 978 g/mol. The number of anilines is 4. The van der Waals surface area contributed by atoms with Crippen LogP contribution in [-0.2, 0) is 14.4 Å². The number of hydrogen-bond donors (Lipinski definition) is 3. The first-order chi connectivity index (χ1) is 35.0. The summed E-state index contributed by atoms with van der Waals surface area (Å²) >= 11 is 0. The lowest BCUT2D eigenvalue weighted by atomic mass is 9.95. The first-order valence-corrected chi connectivity index (χ1v) is 25.4. The third-order valence-electron chi connectivity index (χ3n) is 15.8. The molecule has 6 heterocycles. The molecule has 1 aliphatic carbocycles. The second kappa shape index (κ2) is 19.8. The number of hydrogen-bond acceptors (Lipinski definition) is 12. The maximum absolute atomic E-state index is 13.4. The van der Waals surface area contributed by atoms with Gasteiger partial charge in [0.15, 0.2) is 0 Å². The number of rotatable bonds is 13. The van der Waals surface area contributed by atoms with Crippen molar-refractivity contribution in [3.8, 4) is 17.2 Å². The molecule has 6 aliphatic rings. The van der Waals surface area contributed by atoms with Gasteiger partial charge in [0.1, 0.15) is 34.5 Å². The summed E-state index contributed by atoms with van der Waals surface area (Å²) in [6, 6.07) is 23.7. The van der Waals surface area contributed by atoms with Crippen molar-refractivity contribution in [2.24, 2.45) is 11.3 Å². The molecule has 72 heavy (non-hydrogen) atoms. The van der Waals surface area contributed by atoms with E-state index in [1.165, 1.54) is 29.2 Å². The van der Waals surface area contributed by atoms with E-state index in [9.17, 15) is 28.4 Å². The van der Waals surface area contributed by atoms with Gasteiger partial charge in [-0.15, -0.1) is 0 Å². The van der Waals surface area contributed by atoms with E-state index in [1.54, 1.807) is 43.6 Å². The Morgan fingerprint density at radius 2 is 1.40 bits per heavy atom. The molecular weight excluding hydrogens is 918 g/mol. The van der Waals surface area contributed by atoms with Gasteiger partial charge in [-0.25, -0.2) is 4.39 Å². The number of piperidine rings is 3. The summed E-state index contributed by atoms with van der Waals surface area (Å²) in [6.07, 6.45) is 8.11. The number of methoxy groups -OCH3 is 1. The highest BCUT2D eigenvalue weighted by molar-refractivity contribution is 6.23. The van der Waals surface area contributed by atoms with Crippen LogP contribution >= 0.6 is 0 Å². The maximum atomic E-state index is 13.4. The molecule has 11 rings (SSSR count). The van der Waals surface area contributed by atoms with Crippen LogP contribution in [0.15, 0.2) is 91.1 Å². The van der Waals surface area contributed by atoms with E-state index in [2.05, 4.69) is 41.6 Å². The summed E-state index contributed by atoms with van der Waals surface area (Å²) in [5, 5.41) is 9.22. The highest BCUT2D eigenvalue weighted by Gasteiger charge is 2.56. The molecule has 0 bridgehead atoms. The SMILES string of the molecule is COc1cc2c(Oc3ccc(NC(=O)C4(C(=O)Nc5ccc(F)cc5)CC4)cc3)ccnc2cc1N1CCC(CN2CCN(C3CCN(c4ccc5c(c4)C(=O)N(C4CCCNC4=O)C5=O)CC3)CC2)CC1. The van der Waals surface area contributed by atoms with Gasteiger partial charge in [-0.1, -0.05) is 0 Å². The van der Waals surface area contributed by atoms with Crippen LogP contribution in [0.2, 0.25) is 0 Å². The highest BCUT2D eigenvalue weighted by atomic mass is 19.1. The number of piperazine rings is 1. The van der Waals surface area contributed by atoms with Crippen LogP contribution < -0.4 is 35.2 Å². The fourth-order valence-electron chi connectivity index (χ4n) is 11.3. The van der Waals surface area contributed by atoms with Gasteiger partial charge in [0, 0.05) is 100 Å². The number of aromatic nitrogens is 1. The molecule has 4 aromatic carbocycles. The van der Waals surface area contributed by atoms with E-state index >= 15 is 0 Å². The topological polar surface area (TPSA) is 169 Å². The number of imide groups is 1. The number of carbonyl (C=O) groups is 5. The van der Waals surface area contributed by atoms with Crippen molar-refractivity contribution < 1.29 is 37.8 Å². The molecule has 5 aromatic rings. The summed E-state index contributed by atoms with van der Waals surface area (Å²) in [7, 11) is 1.69. The molecule has 0 radical (unpaired) electrons. The van der Waals surface area contributed by atoms with E-state index in [4.69, 9.17) is 14.5 Å². The second-order valence-corrected chi connectivity index (χ2v) is 20.1. The minimum Gasteiger partial charge on any atom is -0.495 e. The van der Waals surface area contributed by atoms with Crippen molar-refractivity contribution in [3.63, 3.8) is 0 Å². The minimum atomic E-state index is -1.17. The van der Waals surface area contributed by atoms with Crippen molar-refractivity contribution in [1.82, 2.24) is 25.0 Å². The smallest absolute Gasteiger partial charge is 0.262 e. The van der Waals surface area contributed by atoms with Gasteiger partial charge in [0.25, 0.3) is 11.8 Å². The molecule has 1 atom stereocenters. The Morgan fingerprint density at radius 1 is 0.736 bits per heavy atom. The third kappa shape index (κ3) is 9.42. The fourth-order valence-corrected chi connectivity index (χ4v) is 11.3. The van der Waals surface area contributed by atoms with Crippen LogP contribution in [0, 0.1) is 17.2 Å². The zero-order chi connectivity index (χ0) is 49.5. The summed E-state index contributed by atoms with van der Waals surface area (Å²) in [6.45, 7) is 9.55. The second-order valence-electron chi connectivity index (χ2n) is 20.1. The molecule has 0 spiro atoms. The number of ether oxygens (including phenoxy) is 2. The molecule has 1 saturated carbocycles. The van der Waals surface area contributed by atoms with E-state index in [0.717, 1.165) is 119 Å². The van der Waals surface area contributed by atoms with Crippen LogP contribution in [0.4, 0.5) is 27.1 Å². The minimum absolute atomic E-state index is 0.254. The summed E-state index contributed by atoms with van der Waals surface area (Å²) in [4.78, 5) is 81.4. The van der Waals surface area contributed by atoms with Gasteiger partial charge in [-0.2, -0.15) is 0 Å². The van der Waals surface area contributed by atoms with Crippen molar-refractivity contribution in [2.45, 2.75) is 63.5 Å². The van der Waals surface area contributed by atoms with Gasteiger partial charge in [-0.3, -0.25) is 38.8 Å². The van der Waals surface area contributed by atoms with Gasteiger partial charge < -0.3 is 40.1 Å². The summed E-state index contributed by atoms with van der Waals surface area (Å²) in [5.74, 6) is 0.362. The zero-order valence-corrected chi connectivity index (χ0v) is 40.5. The Kier molecular flexibility index (Phi) is 13.0. The third-order valence-corrected chi connectivity index (χ3v) is 15.8. The summed E-state index contributed by atoms with van der Waals surface area (Å²) < 4.78 is 25.7. The predicted octanol–water partition coefficient (Wildman–Crippen LogP) is 6.91. The first-order valence-electron chi connectivity index (χ1n) is 25.4. The molecule has 4 saturated heterocycles. The van der Waals surface area contributed by atoms with E-state index in [1.807, 2.05) is 24.3 Å². The number of halogens is 1. The van der Waals surface area contributed by atoms with Crippen LogP contribution in [-0.4, -0.2) is 134 Å². The van der Waals surface area contributed by atoms with Crippen LogP contribution in [0.1, 0.15) is 72.1 Å². The zero-order valence-electron chi connectivity index (χ0n) is 40.5. The first kappa shape index (κ1) is 47.2. The Hall–Kier alpha value is -7.11. The van der Waals surface area contributed by atoms with E-state index in [0.29, 0.717) is 71.8 Å². The Morgan fingerprint density at radius 3 is 2.07 bits per heavy atom. The lowest BCUT2D eigenvalue weighted by molar-refractivity contribution is -0.131. The Bertz CT molecular complexity index is 2890. The monoisotopic (exact) mass is 977 g/mol. The van der Waals surface area contributed by atoms with Crippen molar-refractivity contribution in [1.29, 1.82) is 0 Å². The molecular formula is C55H60FN9O7. The van der Waals surface area contributed by atoms with E-state index < -0.39 is 23.2 Å². The van der Waals surface area contributed by atoms with Gasteiger partial charge in [0.2, 0.25) is 17.7 Å². The molecule has 16 nitrogen and oxygen atoms in total. The Balaban J connectivity index is 0.636. The number of benzene rings is 4. The average Bonchev–Trinajstić information content (AvgIpc) is 4.19. The van der Waals surface area contributed by atoms with Crippen LogP contribution in [0.25, 0.3) is 10.9 Å². The molecule has 1 aromatic heterocycles. The lowest BCUT2D eigenvalue weighted by Gasteiger charge is -2.44. The van der Waals surface area contributed by atoms with Gasteiger partial charge in [-0.05, 0) is 142 Å². The molecule has 5 fully saturated rings. The normalized spacial score (nSPS) is 20.8. The number of nitrogens with zero attached hydrogens (tertiary/aromatic N) is 6. The molecule has 5 amide bonds. The summed E-state index contributed by atoms with van der Waals surface area (Å²) in [5.41, 5.74) is 3.36. The van der Waals surface area contributed by atoms with E-state index in [-0.39, 0.29) is 23.6 Å². The number of pyridine rings is 1. The number of fused-ring (bicyclic) bond motifs is 2. The van der Waals surface area contributed by atoms with Gasteiger partial charge >= 0.3 is 0 Å². The van der Waals surface area contributed by atoms with Crippen molar-refractivity contribution in [3.05, 3.63) is 108 Å². The lowest BCUT2D eigenvalue weighted by Crippen LogP contribution is -2.54. The van der Waals surface area contributed by atoms with Crippen LogP contribution in [0.3, 0.4) is 0 Å². The van der Waals surface area contributed by atoms with Crippen LogP contribution in [0.5, 0.6) is 17.2 Å². The standard InChI is InChI=1S/C55H60FN9O7/c1-71-49-32-44-45(57-22-14-48(44)72-41-11-8-38(9-12-41)60-54(70)55(19-20-55)53(69)59-37-6-4-36(56)5-7-37)33-47(49)64-23-15-35(16-24-64)34-61-27-29-63(30-28-61)39-17-25-62(26-18-39)40-10-13-42-43(31-40)52(68)65(51(42)67)46-3-2-21-58-50(46)66/h4-14,22,31-33,35,39,46H,2-3,15-21,23-30,34H2,1H3,(H,58,66)(H,59,69)(H,60,70). The molecule has 1 unspecified atom stereocenters. The maximum Gasteiger partial charge on any atom is 0.262 e. The van der Waals surface area contributed by atoms with Gasteiger partial charge in [0.05, 0.1) is 29.4 Å². The predicted molar refractivity (Wildman–Crippen MR) is 271 cm³/mol. The highest BCUT2D eigenvalue weighted by Crippen LogP contribution is 2.48. The van der Waals surface area contributed by atoms with Crippen molar-refractivity contribution >= 4 is 63.2 Å².